The molecule has 0 saturated heterocycles. The zero-order valence-electron chi connectivity index (χ0n) is 10.8. The predicted octanol–water partition coefficient (Wildman–Crippen LogP) is 3.49. The van der Waals surface area contributed by atoms with Crippen LogP contribution >= 0.6 is 34.2 Å². The highest BCUT2D eigenvalue weighted by Gasteiger charge is 2.42. The quantitative estimate of drug-likeness (QED) is 0.751. The molecule has 1 aliphatic rings. The zero-order chi connectivity index (χ0) is 13.9. The average molecular weight is 394 g/mol. The van der Waals surface area contributed by atoms with E-state index in [-0.39, 0.29) is 11.3 Å². The second-order valence-electron chi connectivity index (χ2n) is 5.05. The van der Waals surface area contributed by atoms with Crippen LogP contribution in [-0.4, -0.2) is 26.2 Å². The number of ether oxygens (including phenoxy) is 1. The normalized spacial score (nSPS) is 16.2. The molecule has 1 N–H and O–H groups in total. The van der Waals surface area contributed by atoms with E-state index in [2.05, 4.69) is 27.9 Å². The van der Waals surface area contributed by atoms with Crippen LogP contribution in [0.4, 0.5) is 0 Å². The number of hydrogen-bond donors (Lipinski definition) is 1. The van der Waals surface area contributed by atoms with Crippen molar-refractivity contribution in [2.45, 2.75) is 19.3 Å². The molecule has 0 heterocycles. The Labute approximate surface area is 132 Å². The maximum atomic E-state index is 12.2. The lowest BCUT2D eigenvalue weighted by Crippen LogP contribution is -2.31. The minimum Gasteiger partial charge on any atom is -0.385 e. The van der Waals surface area contributed by atoms with Crippen molar-refractivity contribution < 1.29 is 9.53 Å². The van der Waals surface area contributed by atoms with E-state index in [1.165, 1.54) is 12.8 Å². The Morgan fingerprint density at radius 3 is 2.89 bits per heavy atom. The van der Waals surface area contributed by atoms with Gasteiger partial charge in [-0.05, 0) is 65.5 Å². The van der Waals surface area contributed by atoms with Crippen molar-refractivity contribution in [3.63, 3.8) is 0 Å². The number of halogens is 2. The largest absolute Gasteiger partial charge is 0.385 e. The molecule has 1 saturated carbocycles. The van der Waals surface area contributed by atoms with E-state index in [0.717, 1.165) is 23.1 Å². The lowest BCUT2D eigenvalue weighted by atomic mass is 10.0. The van der Waals surface area contributed by atoms with Gasteiger partial charge in [-0.1, -0.05) is 11.6 Å². The maximum Gasteiger partial charge on any atom is 0.252 e. The van der Waals surface area contributed by atoms with Crippen LogP contribution in [0.1, 0.15) is 29.6 Å². The molecule has 3 nitrogen and oxygen atoms in total. The number of nitrogens with one attached hydrogen (secondary N) is 1. The molecule has 104 valence electrons. The Kier molecular flexibility index (Phi) is 5.09. The van der Waals surface area contributed by atoms with Crippen molar-refractivity contribution in [2.24, 2.45) is 5.41 Å². The lowest BCUT2D eigenvalue weighted by Gasteiger charge is -2.16. The molecule has 0 aliphatic heterocycles. The van der Waals surface area contributed by atoms with Gasteiger partial charge < -0.3 is 10.1 Å². The van der Waals surface area contributed by atoms with Crippen molar-refractivity contribution in [1.29, 1.82) is 0 Å². The smallest absolute Gasteiger partial charge is 0.252 e. The Hall–Kier alpha value is -0.330. The average Bonchev–Trinajstić information content (AvgIpc) is 3.17. The van der Waals surface area contributed by atoms with E-state index < -0.39 is 0 Å². The summed E-state index contributed by atoms with van der Waals surface area (Å²) in [5, 5.41) is 3.61. The summed E-state index contributed by atoms with van der Waals surface area (Å²) in [6.07, 6.45) is 3.35. The van der Waals surface area contributed by atoms with Gasteiger partial charge in [-0.15, -0.1) is 0 Å². The van der Waals surface area contributed by atoms with Gasteiger partial charge in [0.2, 0.25) is 0 Å². The second-order valence-corrected chi connectivity index (χ2v) is 6.65. The molecule has 0 atom stereocenters. The SMILES string of the molecule is COCCC1(CNC(=O)c2cc(Cl)ccc2I)CC1. The Balaban J connectivity index is 1.93. The summed E-state index contributed by atoms with van der Waals surface area (Å²) >= 11 is 8.08. The summed E-state index contributed by atoms with van der Waals surface area (Å²) in [5.74, 6) is -0.0457. The van der Waals surface area contributed by atoms with E-state index in [9.17, 15) is 4.79 Å². The summed E-state index contributed by atoms with van der Waals surface area (Å²) < 4.78 is 6.03. The Bertz CT molecular complexity index is 475. The highest BCUT2D eigenvalue weighted by molar-refractivity contribution is 14.1. The summed E-state index contributed by atoms with van der Waals surface area (Å²) in [6.45, 7) is 1.47. The third kappa shape index (κ3) is 4.07. The van der Waals surface area contributed by atoms with Gasteiger partial charge >= 0.3 is 0 Å². The molecule has 1 aromatic carbocycles. The molecule has 0 bridgehead atoms. The van der Waals surface area contributed by atoms with Crippen LogP contribution in [0.15, 0.2) is 18.2 Å². The second kappa shape index (κ2) is 6.41. The number of carbonyl (C=O) groups excluding carboxylic acids is 1. The fourth-order valence-corrected chi connectivity index (χ4v) is 2.80. The van der Waals surface area contributed by atoms with E-state index in [1.54, 1.807) is 19.2 Å². The molecule has 2 rings (SSSR count). The molecule has 0 radical (unpaired) electrons. The lowest BCUT2D eigenvalue weighted by molar-refractivity contribution is 0.0937. The van der Waals surface area contributed by atoms with Gasteiger partial charge in [0, 0.05) is 28.9 Å². The molecule has 5 heteroatoms. The van der Waals surface area contributed by atoms with Crippen LogP contribution in [-0.2, 0) is 4.74 Å². The fraction of sp³-hybridized carbons (Fsp3) is 0.500. The zero-order valence-corrected chi connectivity index (χ0v) is 13.8. The van der Waals surface area contributed by atoms with E-state index in [4.69, 9.17) is 16.3 Å². The number of benzene rings is 1. The Morgan fingerprint density at radius 2 is 2.26 bits per heavy atom. The number of rotatable bonds is 6. The van der Waals surface area contributed by atoms with E-state index in [1.807, 2.05) is 6.07 Å². The maximum absolute atomic E-state index is 12.2. The van der Waals surface area contributed by atoms with E-state index >= 15 is 0 Å². The van der Waals surface area contributed by atoms with Gasteiger partial charge in [-0.25, -0.2) is 0 Å². The molecular weight excluding hydrogens is 377 g/mol. The molecule has 1 amide bonds. The molecule has 19 heavy (non-hydrogen) atoms. The first kappa shape index (κ1) is 15.1. The van der Waals surface area contributed by atoms with Gasteiger partial charge in [0.15, 0.2) is 0 Å². The fourth-order valence-electron chi connectivity index (χ4n) is 2.05. The predicted molar refractivity (Wildman–Crippen MR) is 84.7 cm³/mol. The van der Waals surface area contributed by atoms with Crippen LogP contribution in [0, 0.1) is 8.99 Å². The highest BCUT2D eigenvalue weighted by atomic mass is 127. The first-order valence-electron chi connectivity index (χ1n) is 6.28. The van der Waals surface area contributed by atoms with Crippen LogP contribution in [0.2, 0.25) is 5.02 Å². The third-order valence-electron chi connectivity index (χ3n) is 3.59. The van der Waals surface area contributed by atoms with Crippen LogP contribution in [0.5, 0.6) is 0 Å². The third-order valence-corrected chi connectivity index (χ3v) is 4.77. The van der Waals surface area contributed by atoms with Crippen LogP contribution in [0.3, 0.4) is 0 Å². The summed E-state index contributed by atoms with van der Waals surface area (Å²) in [7, 11) is 1.71. The van der Waals surface area contributed by atoms with Gasteiger partial charge in [0.1, 0.15) is 0 Å². The number of methoxy groups -OCH3 is 1. The number of hydrogen-bond acceptors (Lipinski definition) is 2. The topological polar surface area (TPSA) is 38.3 Å². The van der Waals surface area contributed by atoms with Gasteiger partial charge in [-0.3, -0.25) is 4.79 Å². The standard InChI is InChI=1S/C14H17ClINO2/c1-19-7-6-14(4-5-14)9-17-13(18)11-8-10(15)2-3-12(11)16/h2-3,8H,4-7,9H2,1H3,(H,17,18). The van der Waals surface area contributed by atoms with Crippen molar-refractivity contribution in [2.75, 3.05) is 20.3 Å². The Morgan fingerprint density at radius 1 is 1.53 bits per heavy atom. The number of carbonyl (C=O) groups is 1. The first-order chi connectivity index (χ1) is 9.06. The molecular formula is C14H17ClINO2. The highest BCUT2D eigenvalue weighted by Crippen LogP contribution is 2.48. The van der Waals surface area contributed by atoms with E-state index in [0.29, 0.717) is 10.6 Å². The molecule has 1 aromatic rings. The van der Waals surface area contributed by atoms with Crippen molar-refractivity contribution in [3.8, 4) is 0 Å². The molecule has 0 unspecified atom stereocenters. The molecule has 0 spiro atoms. The van der Waals surface area contributed by atoms with Gasteiger partial charge in [0.05, 0.1) is 5.56 Å². The van der Waals surface area contributed by atoms with Crippen LogP contribution < -0.4 is 5.32 Å². The van der Waals surface area contributed by atoms with Crippen molar-refractivity contribution in [3.05, 3.63) is 32.4 Å². The minimum absolute atomic E-state index is 0.0457. The first-order valence-corrected chi connectivity index (χ1v) is 7.74. The minimum atomic E-state index is -0.0457. The molecule has 1 fully saturated rings. The number of amides is 1. The summed E-state index contributed by atoms with van der Waals surface area (Å²) in [6, 6.07) is 5.37. The van der Waals surface area contributed by atoms with Crippen molar-refractivity contribution in [1.82, 2.24) is 5.32 Å². The van der Waals surface area contributed by atoms with Gasteiger partial charge in [-0.2, -0.15) is 0 Å². The summed E-state index contributed by atoms with van der Waals surface area (Å²) in [4.78, 5) is 12.2. The molecule has 1 aliphatic carbocycles. The van der Waals surface area contributed by atoms with Crippen LogP contribution in [0.25, 0.3) is 0 Å². The van der Waals surface area contributed by atoms with Gasteiger partial charge in [0.25, 0.3) is 5.91 Å². The monoisotopic (exact) mass is 393 g/mol. The molecule has 0 aromatic heterocycles. The van der Waals surface area contributed by atoms with Crippen molar-refractivity contribution >= 4 is 40.1 Å². The summed E-state index contributed by atoms with van der Waals surface area (Å²) in [5.41, 5.74) is 0.908.